The summed E-state index contributed by atoms with van der Waals surface area (Å²) >= 11 is 3.19. The van der Waals surface area contributed by atoms with Crippen LogP contribution < -0.4 is 56.8 Å². The molecule has 0 atom stereocenters. The van der Waals surface area contributed by atoms with Gasteiger partial charge >= 0.3 is 58.4 Å². The van der Waals surface area contributed by atoms with Crippen molar-refractivity contribution in [2.75, 3.05) is 0 Å². The maximum Gasteiger partial charge on any atom is 1.00 e. The van der Waals surface area contributed by atoms with Gasteiger partial charge in [-0.3, -0.25) is 0 Å². The second-order valence-electron chi connectivity index (χ2n) is 3.03. The molecule has 72 valence electrons. The van der Waals surface area contributed by atoms with Crippen molar-refractivity contribution in [1.29, 1.82) is 0 Å². The Kier molecular flexibility index (Phi) is 5.97. The largest absolute Gasteiger partial charge is 1.00 e. The minimum atomic E-state index is -4.88. The molecule has 0 spiro atoms. The van der Waals surface area contributed by atoms with Crippen LogP contribution in [0.15, 0.2) is 16.6 Å². The average Bonchev–Trinajstić information content (AvgIpc) is 1.94. The van der Waals surface area contributed by atoms with E-state index in [2.05, 4.69) is 15.9 Å². The first-order valence-electron chi connectivity index (χ1n) is 3.79. The number of aryl methyl sites for hydroxylation is 2. The van der Waals surface area contributed by atoms with Gasteiger partial charge in [-0.05, 0) is 25.5 Å². The normalized spacial score (nSPS) is 11.0. The molecule has 0 bridgehead atoms. The summed E-state index contributed by atoms with van der Waals surface area (Å²) in [6.45, 7) is -1.77. The van der Waals surface area contributed by atoms with Crippen molar-refractivity contribution >= 4 is 28.4 Å². The van der Waals surface area contributed by atoms with E-state index in [1.54, 1.807) is 6.92 Å². The fourth-order valence-electron chi connectivity index (χ4n) is 1.16. The Bertz CT molecular complexity index is 338. The number of hydrogen-bond donors (Lipinski definition) is 0. The second kappa shape index (κ2) is 5.50. The molecule has 6 heteroatoms. The fraction of sp³-hybridized carbons (Fsp3) is 0.250. The zero-order valence-electron chi connectivity index (χ0n) is 8.24. The summed E-state index contributed by atoms with van der Waals surface area (Å²) in [6.07, 6.45) is 0. The molecule has 1 aromatic carbocycles. The molecule has 0 unspecified atom stereocenters. The number of rotatable bonds is 1. The van der Waals surface area contributed by atoms with Gasteiger partial charge in [-0.15, -0.1) is 5.46 Å². The third kappa shape index (κ3) is 3.65. The van der Waals surface area contributed by atoms with Crippen molar-refractivity contribution in [2.45, 2.75) is 13.8 Å². The standard InChI is InChI=1S/C8H8BBrF3.K/c1-5-4-8(10)6(2)3-7(5)9(11,12)13;/h3-4H,1-2H3;/q-1;+1. The van der Waals surface area contributed by atoms with E-state index in [1.807, 2.05) is 0 Å². The number of halogens is 4. The molecule has 0 saturated heterocycles. The fourth-order valence-corrected chi connectivity index (χ4v) is 1.61. The molecule has 0 heterocycles. The zero-order chi connectivity index (χ0) is 10.2. The van der Waals surface area contributed by atoms with Crippen LogP contribution in [0.25, 0.3) is 0 Å². The summed E-state index contributed by atoms with van der Waals surface area (Å²) < 4.78 is 37.9. The molecule has 0 aliphatic heterocycles. The quantitative estimate of drug-likeness (QED) is 0.645. The van der Waals surface area contributed by atoms with Crippen LogP contribution in [0, 0.1) is 13.8 Å². The second-order valence-corrected chi connectivity index (χ2v) is 3.89. The molecule has 0 fully saturated rings. The molecule has 0 amide bonds. The molecule has 0 nitrogen and oxygen atoms in total. The van der Waals surface area contributed by atoms with Crippen molar-refractivity contribution in [3.63, 3.8) is 0 Å². The minimum Gasteiger partial charge on any atom is -0.445 e. The van der Waals surface area contributed by atoms with Gasteiger partial charge in [-0.1, -0.05) is 27.6 Å². The molecule has 0 aliphatic carbocycles. The van der Waals surface area contributed by atoms with Crippen molar-refractivity contribution in [3.8, 4) is 0 Å². The van der Waals surface area contributed by atoms with E-state index in [1.165, 1.54) is 19.1 Å². The van der Waals surface area contributed by atoms with Crippen LogP contribution >= 0.6 is 15.9 Å². The summed E-state index contributed by atoms with van der Waals surface area (Å²) in [5.74, 6) is 0. The van der Waals surface area contributed by atoms with Gasteiger partial charge in [0.2, 0.25) is 0 Å². The van der Waals surface area contributed by atoms with E-state index in [0.717, 1.165) is 0 Å². The molecule has 0 aliphatic rings. The maximum atomic E-state index is 12.4. The van der Waals surface area contributed by atoms with Crippen LogP contribution in [0.3, 0.4) is 0 Å². The topological polar surface area (TPSA) is 0 Å². The molecular weight excluding hydrogens is 283 g/mol. The van der Waals surface area contributed by atoms with Gasteiger partial charge in [-0.2, -0.15) is 0 Å². The van der Waals surface area contributed by atoms with E-state index < -0.39 is 12.4 Å². The molecule has 0 aromatic heterocycles. The Morgan fingerprint density at radius 3 is 2.00 bits per heavy atom. The van der Waals surface area contributed by atoms with E-state index in [-0.39, 0.29) is 56.9 Å². The van der Waals surface area contributed by atoms with Crippen LogP contribution in [-0.2, 0) is 0 Å². The van der Waals surface area contributed by atoms with Crippen molar-refractivity contribution < 1.29 is 64.3 Å². The van der Waals surface area contributed by atoms with Gasteiger partial charge in [0.05, 0.1) is 0 Å². The molecule has 14 heavy (non-hydrogen) atoms. The third-order valence-electron chi connectivity index (χ3n) is 1.90. The van der Waals surface area contributed by atoms with E-state index in [0.29, 0.717) is 10.0 Å². The van der Waals surface area contributed by atoms with Gasteiger partial charge in [0.25, 0.3) is 0 Å². The average molecular weight is 291 g/mol. The summed E-state index contributed by atoms with van der Waals surface area (Å²) in [4.78, 5) is 0. The van der Waals surface area contributed by atoms with Gasteiger partial charge in [0, 0.05) is 4.47 Å². The van der Waals surface area contributed by atoms with Gasteiger partial charge in [-0.25, -0.2) is 0 Å². The van der Waals surface area contributed by atoms with Gasteiger partial charge in [0.1, 0.15) is 0 Å². The summed E-state index contributed by atoms with van der Waals surface area (Å²) in [6, 6.07) is 2.68. The van der Waals surface area contributed by atoms with E-state index >= 15 is 0 Å². The molecule has 1 aromatic rings. The Hall–Kier alpha value is 1.19. The maximum absolute atomic E-state index is 12.4. The van der Waals surface area contributed by atoms with Crippen LogP contribution in [-0.4, -0.2) is 6.98 Å². The molecule has 0 N–H and O–H groups in total. The Balaban J connectivity index is 0.00000169. The van der Waals surface area contributed by atoms with Crippen molar-refractivity contribution in [3.05, 3.63) is 27.7 Å². The molecule has 0 saturated carbocycles. The van der Waals surface area contributed by atoms with Crippen molar-refractivity contribution in [2.24, 2.45) is 0 Å². The first-order chi connectivity index (χ1) is 5.82. The van der Waals surface area contributed by atoms with E-state index in [4.69, 9.17) is 0 Å². The number of hydrogen-bond acceptors (Lipinski definition) is 0. The summed E-state index contributed by atoms with van der Waals surface area (Å²) in [5.41, 5.74) is 0.380. The number of benzene rings is 1. The monoisotopic (exact) mass is 290 g/mol. The summed E-state index contributed by atoms with van der Waals surface area (Å²) in [7, 11) is 0. The van der Waals surface area contributed by atoms with Crippen LogP contribution in [0.1, 0.15) is 11.1 Å². The molecular formula is C8H8BBrF3K. The smallest absolute Gasteiger partial charge is 0.445 e. The zero-order valence-corrected chi connectivity index (χ0v) is 13.0. The summed E-state index contributed by atoms with van der Waals surface area (Å²) in [5, 5.41) is 0. The first-order valence-corrected chi connectivity index (χ1v) is 4.58. The van der Waals surface area contributed by atoms with Crippen LogP contribution in [0.5, 0.6) is 0 Å². The predicted octanol–water partition coefficient (Wildman–Crippen LogP) is 0.124. The Morgan fingerprint density at radius 2 is 1.57 bits per heavy atom. The van der Waals surface area contributed by atoms with Crippen LogP contribution in [0.2, 0.25) is 0 Å². The molecule has 0 radical (unpaired) electrons. The SMILES string of the molecule is Cc1cc([B-](F)(F)F)c(C)cc1Br.[K+]. The van der Waals surface area contributed by atoms with Gasteiger partial charge < -0.3 is 12.9 Å². The first kappa shape index (κ1) is 15.2. The third-order valence-corrected chi connectivity index (χ3v) is 2.75. The Morgan fingerprint density at radius 1 is 1.07 bits per heavy atom. The van der Waals surface area contributed by atoms with Crippen molar-refractivity contribution in [1.82, 2.24) is 0 Å². The predicted molar refractivity (Wildman–Crippen MR) is 52.3 cm³/mol. The van der Waals surface area contributed by atoms with Crippen LogP contribution in [0.4, 0.5) is 12.9 Å². The Labute approximate surface area is 132 Å². The van der Waals surface area contributed by atoms with Gasteiger partial charge in [0.15, 0.2) is 0 Å². The molecule has 1 rings (SSSR count). The minimum absolute atomic E-state index is 0. The van der Waals surface area contributed by atoms with E-state index in [9.17, 15) is 12.9 Å².